The van der Waals surface area contributed by atoms with E-state index in [4.69, 9.17) is 4.74 Å². The van der Waals surface area contributed by atoms with Crippen LogP contribution in [0.15, 0.2) is 49.1 Å². The molecule has 0 radical (unpaired) electrons. The zero-order valence-electron chi connectivity index (χ0n) is 14.0. The zero-order valence-corrected chi connectivity index (χ0v) is 14.0. The van der Waals surface area contributed by atoms with Gasteiger partial charge in [0.2, 0.25) is 0 Å². The zero-order chi connectivity index (χ0) is 17.3. The van der Waals surface area contributed by atoms with Crippen LogP contribution >= 0.6 is 0 Å². The molecule has 2 aromatic carbocycles. The van der Waals surface area contributed by atoms with E-state index in [9.17, 15) is 9.90 Å². The Balaban J connectivity index is 1.95. The predicted molar refractivity (Wildman–Crippen MR) is 94.7 cm³/mol. The van der Waals surface area contributed by atoms with Gasteiger partial charge >= 0.3 is 0 Å². The number of carbonyl (C=O) groups is 1. The van der Waals surface area contributed by atoms with E-state index in [0.29, 0.717) is 24.4 Å². The minimum absolute atomic E-state index is 0.104. The van der Waals surface area contributed by atoms with Crippen LogP contribution in [0.4, 0.5) is 5.69 Å². The van der Waals surface area contributed by atoms with Crippen molar-refractivity contribution in [2.24, 2.45) is 0 Å². The summed E-state index contributed by atoms with van der Waals surface area (Å²) in [6, 6.07) is 11.0. The van der Waals surface area contributed by atoms with Gasteiger partial charge in [0.15, 0.2) is 6.10 Å². The van der Waals surface area contributed by atoms with Gasteiger partial charge in [0, 0.05) is 19.0 Å². The average molecular weight is 323 g/mol. The van der Waals surface area contributed by atoms with Crippen molar-refractivity contribution in [1.82, 2.24) is 0 Å². The summed E-state index contributed by atoms with van der Waals surface area (Å²) in [5.74, 6) is 0.589. The van der Waals surface area contributed by atoms with E-state index in [2.05, 4.69) is 24.8 Å². The summed E-state index contributed by atoms with van der Waals surface area (Å²) in [6.45, 7) is 8.17. The Hall–Kier alpha value is -2.75. The molecule has 1 aliphatic heterocycles. The standard InChI is InChI=1S/C20H21NO3/c1-4-9-21-17-12-16(22)7-8-18(17)24-19(20(21)23)11-15-10-13(2)5-6-14(15)3/h4-8,10,12,19,22H,1,9,11H2,2-3H3. The molecule has 0 spiro atoms. The number of fused-ring (bicyclic) bond motifs is 1. The summed E-state index contributed by atoms with van der Waals surface area (Å²) >= 11 is 0. The number of phenols is 1. The molecule has 1 aliphatic rings. The maximum atomic E-state index is 12.9. The molecule has 3 rings (SSSR count). The molecule has 4 heteroatoms. The molecule has 1 heterocycles. The molecule has 1 unspecified atom stereocenters. The van der Waals surface area contributed by atoms with E-state index in [1.54, 1.807) is 29.2 Å². The SMILES string of the molecule is C=CCN1C(=O)C(Cc2cc(C)ccc2C)Oc2ccc(O)cc21. The van der Waals surface area contributed by atoms with Crippen molar-refractivity contribution in [3.05, 3.63) is 65.7 Å². The van der Waals surface area contributed by atoms with Crippen molar-refractivity contribution in [2.75, 3.05) is 11.4 Å². The normalized spacial score (nSPS) is 16.5. The number of hydrogen-bond donors (Lipinski definition) is 1. The first kappa shape index (κ1) is 16.1. The summed E-state index contributed by atoms with van der Waals surface area (Å²) in [7, 11) is 0. The molecule has 124 valence electrons. The van der Waals surface area contributed by atoms with Gasteiger partial charge in [-0.15, -0.1) is 6.58 Å². The van der Waals surface area contributed by atoms with Crippen molar-refractivity contribution < 1.29 is 14.6 Å². The molecule has 1 amide bonds. The van der Waals surface area contributed by atoms with Gasteiger partial charge in [-0.3, -0.25) is 4.79 Å². The Morgan fingerprint density at radius 1 is 1.25 bits per heavy atom. The second-order valence-corrected chi connectivity index (χ2v) is 6.13. The lowest BCUT2D eigenvalue weighted by atomic mass is 9.98. The van der Waals surface area contributed by atoms with Crippen LogP contribution < -0.4 is 9.64 Å². The number of aryl methyl sites for hydroxylation is 2. The third-order valence-corrected chi connectivity index (χ3v) is 4.27. The van der Waals surface area contributed by atoms with E-state index < -0.39 is 6.10 Å². The Morgan fingerprint density at radius 3 is 2.79 bits per heavy atom. The van der Waals surface area contributed by atoms with E-state index in [0.717, 1.165) is 16.7 Å². The Kier molecular flexibility index (Phi) is 4.30. The lowest BCUT2D eigenvalue weighted by molar-refractivity contribution is -0.126. The minimum Gasteiger partial charge on any atom is -0.508 e. The second kappa shape index (κ2) is 6.40. The first-order valence-electron chi connectivity index (χ1n) is 7.97. The number of benzene rings is 2. The monoisotopic (exact) mass is 323 g/mol. The summed E-state index contributed by atoms with van der Waals surface area (Å²) in [5, 5.41) is 9.71. The van der Waals surface area contributed by atoms with Crippen LogP contribution in [-0.4, -0.2) is 23.7 Å². The molecule has 1 N–H and O–H groups in total. The smallest absolute Gasteiger partial charge is 0.268 e. The molecule has 24 heavy (non-hydrogen) atoms. The van der Waals surface area contributed by atoms with Gasteiger partial charge < -0.3 is 14.7 Å². The third kappa shape index (κ3) is 3.00. The highest BCUT2D eigenvalue weighted by atomic mass is 16.5. The number of anilines is 1. The lowest BCUT2D eigenvalue weighted by Crippen LogP contribution is -2.47. The highest BCUT2D eigenvalue weighted by molar-refractivity contribution is 6.00. The summed E-state index contributed by atoms with van der Waals surface area (Å²) < 4.78 is 5.94. The maximum Gasteiger partial charge on any atom is 0.268 e. The summed E-state index contributed by atoms with van der Waals surface area (Å²) in [4.78, 5) is 14.5. The molecular formula is C20H21NO3. The Labute approximate surface area is 142 Å². The van der Waals surface area contributed by atoms with Crippen molar-refractivity contribution in [2.45, 2.75) is 26.4 Å². The topological polar surface area (TPSA) is 49.8 Å². The first-order valence-corrected chi connectivity index (χ1v) is 7.97. The largest absolute Gasteiger partial charge is 0.508 e. The fourth-order valence-electron chi connectivity index (χ4n) is 2.98. The Bertz CT molecular complexity index is 797. The summed E-state index contributed by atoms with van der Waals surface area (Å²) in [5.41, 5.74) is 3.99. The van der Waals surface area contributed by atoms with Crippen LogP contribution in [0.3, 0.4) is 0 Å². The number of aromatic hydroxyl groups is 1. The van der Waals surface area contributed by atoms with Gasteiger partial charge in [-0.2, -0.15) is 0 Å². The van der Waals surface area contributed by atoms with Crippen molar-refractivity contribution in [3.8, 4) is 11.5 Å². The van der Waals surface area contributed by atoms with E-state index >= 15 is 0 Å². The first-order chi connectivity index (χ1) is 11.5. The fourth-order valence-corrected chi connectivity index (χ4v) is 2.98. The fraction of sp³-hybridized carbons (Fsp3) is 0.250. The van der Waals surface area contributed by atoms with Crippen LogP contribution in [0.25, 0.3) is 0 Å². The van der Waals surface area contributed by atoms with E-state index in [1.165, 1.54) is 0 Å². The van der Waals surface area contributed by atoms with Gasteiger partial charge in [0.05, 0.1) is 5.69 Å². The number of ether oxygens (including phenoxy) is 1. The number of hydrogen-bond acceptors (Lipinski definition) is 3. The van der Waals surface area contributed by atoms with E-state index in [1.807, 2.05) is 13.8 Å². The van der Waals surface area contributed by atoms with E-state index in [-0.39, 0.29) is 11.7 Å². The van der Waals surface area contributed by atoms with Crippen LogP contribution in [0.1, 0.15) is 16.7 Å². The quantitative estimate of drug-likeness (QED) is 0.876. The van der Waals surface area contributed by atoms with Crippen LogP contribution in [0, 0.1) is 13.8 Å². The maximum absolute atomic E-state index is 12.9. The van der Waals surface area contributed by atoms with Crippen molar-refractivity contribution in [1.29, 1.82) is 0 Å². The van der Waals surface area contributed by atoms with Crippen LogP contribution in [0.5, 0.6) is 11.5 Å². The Morgan fingerprint density at radius 2 is 2.04 bits per heavy atom. The van der Waals surface area contributed by atoms with Gasteiger partial charge in [0.1, 0.15) is 11.5 Å². The highest BCUT2D eigenvalue weighted by Crippen LogP contribution is 2.37. The van der Waals surface area contributed by atoms with Gasteiger partial charge in [-0.05, 0) is 37.1 Å². The van der Waals surface area contributed by atoms with Crippen molar-refractivity contribution in [3.63, 3.8) is 0 Å². The molecule has 0 bridgehead atoms. The van der Waals surface area contributed by atoms with Crippen LogP contribution in [0.2, 0.25) is 0 Å². The summed E-state index contributed by atoms with van der Waals surface area (Å²) in [6.07, 6.45) is 1.61. The molecule has 0 saturated carbocycles. The molecular weight excluding hydrogens is 302 g/mol. The number of rotatable bonds is 4. The van der Waals surface area contributed by atoms with Gasteiger partial charge in [0.25, 0.3) is 5.91 Å². The van der Waals surface area contributed by atoms with Crippen molar-refractivity contribution >= 4 is 11.6 Å². The van der Waals surface area contributed by atoms with Gasteiger partial charge in [-0.25, -0.2) is 0 Å². The van der Waals surface area contributed by atoms with Gasteiger partial charge in [-0.1, -0.05) is 29.8 Å². The minimum atomic E-state index is -0.581. The molecule has 0 saturated heterocycles. The number of phenolic OH excluding ortho intramolecular Hbond substituents is 1. The molecule has 2 aromatic rings. The molecule has 0 fully saturated rings. The third-order valence-electron chi connectivity index (χ3n) is 4.27. The number of nitrogens with zero attached hydrogens (tertiary/aromatic N) is 1. The highest BCUT2D eigenvalue weighted by Gasteiger charge is 2.34. The molecule has 0 aromatic heterocycles. The second-order valence-electron chi connectivity index (χ2n) is 6.13. The molecule has 0 aliphatic carbocycles. The number of amides is 1. The average Bonchev–Trinajstić information content (AvgIpc) is 2.55. The number of carbonyl (C=O) groups excluding carboxylic acids is 1. The predicted octanol–water partition coefficient (Wildman–Crippen LogP) is 3.53. The molecule has 4 nitrogen and oxygen atoms in total. The lowest BCUT2D eigenvalue weighted by Gasteiger charge is -2.34. The molecule has 1 atom stereocenters. The van der Waals surface area contributed by atoms with Crippen LogP contribution in [-0.2, 0) is 11.2 Å².